The van der Waals surface area contributed by atoms with Gasteiger partial charge in [-0.05, 0) is 50.3 Å². The number of benzene rings is 1. The lowest BCUT2D eigenvalue weighted by Gasteiger charge is -2.12. The average molecular weight is 308 g/mol. The fraction of sp³-hybridized carbons (Fsp3) is 0.611. The van der Waals surface area contributed by atoms with Gasteiger partial charge >= 0.3 is 5.97 Å². The Bertz CT molecular complexity index is 414. The second kappa shape index (κ2) is 11.2. The van der Waals surface area contributed by atoms with Crippen LogP contribution in [-0.4, -0.2) is 31.9 Å². The predicted octanol–water partition coefficient (Wildman–Crippen LogP) is 3.77. The van der Waals surface area contributed by atoms with Crippen molar-refractivity contribution in [1.82, 2.24) is 0 Å². The van der Waals surface area contributed by atoms with Crippen LogP contribution in [0, 0.1) is 0 Å². The normalized spacial score (nSPS) is 12.1. The molecule has 22 heavy (non-hydrogen) atoms. The van der Waals surface area contributed by atoms with Crippen LogP contribution in [0.1, 0.15) is 45.6 Å². The van der Waals surface area contributed by atoms with Crippen molar-refractivity contribution in [3.63, 3.8) is 0 Å². The van der Waals surface area contributed by atoms with E-state index in [0.717, 1.165) is 38.9 Å². The molecule has 1 atom stereocenters. The summed E-state index contributed by atoms with van der Waals surface area (Å²) in [4.78, 5) is 10.8. The molecule has 0 saturated heterocycles. The van der Waals surface area contributed by atoms with E-state index in [9.17, 15) is 4.79 Å². The van der Waals surface area contributed by atoms with Crippen LogP contribution in [0.15, 0.2) is 24.3 Å². The molecule has 4 nitrogen and oxygen atoms in total. The maximum absolute atomic E-state index is 10.8. The smallest absolute Gasteiger partial charge is 0.308 e. The van der Waals surface area contributed by atoms with Gasteiger partial charge in [0.2, 0.25) is 0 Å². The molecule has 124 valence electrons. The second-order valence-corrected chi connectivity index (χ2v) is 5.45. The molecule has 0 bridgehead atoms. The predicted molar refractivity (Wildman–Crippen MR) is 87.2 cm³/mol. The van der Waals surface area contributed by atoms with Crippen molar-refractivity contribution in [2.75, 3.05) is 19.8 Å². The highest BCUT2D eigenvalue weighted by Gasteiger charge is 2.02. The van der Waals surface area contributed by atoms with E-state index in [1.54, 1.807) is 0 Å². The second-order valence-electron chi connectivity index (χ2n) is 5.45. The summed E-state index contributed by atoms with van der Waals surface area (Å²) < 4.78 is 16.2. The molecule has 0 aliphatic rings. The maximum atomic E-state index is 10.8. The highest BCUT2D eigenvalue weighted by atomic mass is 16.5. The van der Waals surface area contributed by atoms with Gasteiger partial charge in [-0.25, -0.2) is 0 Å². The summed E-state index contributed by atoms with van der Waals surface area (Å²) in [5, 5.41) is 0. The van der Waals surface area contributed by atoms with Crippen molar-refractivity contribution < 1.29 is 19.0 Å². The Balaban J connectivity index is 2.08. The minimum absolute atomic E-state index is 0.175. The number of carbonyl (C=O) groups is 1. The van der Waals surface area contributed by atoms with Crippen molar-refractivity contribution in [2.45, 2.75) is 52.6 Å². The summed E-state index contributed by atoms with van der Waals surface area (Å²) in [6.45, 7) is 7.78. The first-order valence-electron chi connectivity index (χ1n) is 8.08. The first kappa shape index (κ1) is 18.7. The minimum Gasteiger partial charge on any atom is -0.427 e. The zero-order chi connectivity index (χ0) is 16.2. The molecule has 0 N–H and O–H groups in total. The summed E-state index contributed by atoms with van der Waals surface area (Å²) in [5.74, 6) is 0.308. The number of rotatable bonds is 11. The van der Waals surface area contributed by atoms with Gasteiger partial charge in [-0.1, -0.05) is 19.1 Å². The van der Waals surface area contributed by atoms with Gasteiger partial charge in [-0.3, -0.25) is 4.79 Å². The molecule has 1 rings (SSSR count). The van der Waals surface area contributed by atoms with Gasteiger partial charge in [0.1, 0.15) is 5.75 Å². The molecule has 1 aromatic rings. The van der Waals surface area contributed by atoms with Crippen molar-refractivity contribution >= 4 is 5.97 Å². The van der Waals surface area contributed by atoms with Crippen molar-refractivity contribution in [1.29, 1.82) is 0 Å². The van der Waals surface area contributed by atoms with E-state index in [2.05, 4.69) is 6.92 Å². The molecule has 0 saturated carbocycles. The van der Waals surface area contributed by atoms with Gasteiger partial charge in [0.25, 0.3) is 0 Å². The third kappa shape index (κ3) is 8.80. The van der Waals surface area contributed by atoms with Crippen LogP contribution in [0.5, 0.6) is 5.75 Å². The van der Waals surface area contributed by atoms with Crippen LogP contribution in [-0.2, 0) is 20.7 Å². The molecule has 0 radical (unpaired) electrons. The third-order valence-corrected chi connectivity index (χ3v) is 3.15. The molecule has 4 heteroatoms. The summed E-state index contributed by atoms with van der Waals surface area (Å²) in [6, 6.07) is 7.67. The van der Waals surface area contributed by atoms with E-state index in [0.29, 0.717) is 12.4 Å². The van der Waals surface area contributed by atoms with Gasteiger partial charge in [0.15, 0.2) is 0 Å². The number of hydrogen-bond donors (Lipinski definition) is 0. The zero-order valence-electron chi connectivity index (χ0n) is 14.0. The summed E-state index contributed by atoms with van der Waals surface area (Å²) >= 11 is 0. The first-order valence-corrected chi connectivity index (χ1v) is 8.08. The number of hydrogen-bond acceptors (Lipinski definition) is 4. The fourth-order valence-corrected chi connectivity index (χ4v) is 2.04. The Kier molecular flexibility index (Phi) is 9.51. The van der Waals surface area contributed by atoms with Crippen molar-refractivity contribution in [3.8, 4) is 5.75 Å². The molecular weight excluding hydrogens is 280 g/mol. The summed E-state index contributed by atoms with van der Waals surface area (Å²) in [5.41, 5.74) is 1.25. The van der Waals surface area contributed by atoms with Crippen LogP contribution in [0.2, 0.25) is 0 Å². The molecule has 0 spiro atoms. The average Bonchev–Trinajstić information content (AvgIpc) is 2.49. The largest absolute Gasteiger partial charge is 0.427 e. The molecule has 0 fully saturated rings. The Labute approximate surface area is 133 Å². The van der Waals surface area contributed by atoms with E-state index in [-0.39, 0.29) is 12.1 Å². The zero-order valence-corrected chi connectivity index (χ0v) is 14.0. The Morgan fingerprint density at radius 1 is 1.14 bits per heavy atom. The molecule has 0 unspecified atom stereocenters. The van der Waals surface area contributed by atoms with Crippen LogP contribution in [0.3, 0.4) is 0 Å². The topological polar surface area (TPSA) is 44.8 Å². The minimum atomic E-state index is -0.290. The summed E-state index contributed by atoms with van der Waals surface area (Å²) in [7, 11) is 0. The molecule has 0 heterocycles. The SMILES string of the molecule is CCCO[C@@H](C)COCCCCc1ccc(OC(C)=O)cc1. The van der Waals surface area contributed by atoms with Crippen LogP contribution < -0.4 is 4.74 Å². The maximum Gasteiger partial charge on any atom is 0.308 e. The third-order valence-electron chi connectivity index (χ3n) is 3.15. The quantitative estimate of drug-likeness (QED) is 0.355. The molecule has 0 aliphatic carbocycles. The van der Waals surface area contributed by atoms with Crippen molar-refractivity contribution in [2.24, 2.45) is 0 Å². The number of aryl methyl sites for hydroxylation is 1. The Morgan fingerprint density at radius 3 is 2.50 bits per heavy atom. The van der Waals surface area contributed by atoms with Crippen LogP contribution in [0.4, 0.5) is 0 Å². The molecule has 0 aromatic heterocycles. The van der Waals surface area contributed by atoms with Crippen LogP contribution >= 0.6 is 0 Å². The van der Waals surface area contributed by atoms with Gasteiger partial charge in [0.05, 0.1) is 12.7 Å². The molecular formula is C18H28O4. The molecule has 1 aromatic carbocycles. The van der Waals surface area contributed by atoms with Crippen molar-refractivity contribution in [3.05, 3.63) is 29.8 Å². The van der Waals surface area contributed by atoms with Gasteiger partial charge < -0.3 is 14.2 Å². The van der Waals surface area contributed by atoms with E-state index in [1.165, 1.54) is 12.5 Å². The number of unbranched alkanes of at least 4 members (excludes halogenated alkanes) is 1. The Hall–Kier alpha value is -1.39. The first-order chi connectivity index (χ1) is 10.6. The summed E-state index contributed by atoms with van der Waals surface area (Å²) in [6.07, 6.45) is 4.34. The highest BCUT2D eigenvalue weighted by Crippen LogP contribution is 2.14. The lowest BCUT2D eigenvalue weighted by atomic mass is 10.1. The molecule has 0 amide bonds. The standard InChI is InChI=1S/C18H28O4/c1-4-12-21-15(2)14-20-13-6-5-7-17-8-10-18(11-9-17)22-16(3)19/h8-11,15H,4-7,12-14H2,1-3H3/t15-/m0/s1. The van der Waals surface area contributed by atoms with E-state index < -0.39 is 0 Å². The van der Waals surface area contributed by atoms with Gasteiger partial charge in [-0.15, -0.1) is 0 Å². The number of esters is 1. The van der Waals surface area contributed by atoms with E-state index >= 15 is 0 Å². The monoisotopic (exact) mass is 308 g/mol. The number of carbonyl (C=O) groups excluding carboxylic acids is 1. The lowest BCUT2D eigenvalue weighted by Crippen LogP contribution is -2.16. The lowest BCUT2D eigenvalue weighted by molar-refractivity contribution is -0.131. The van der Waals surface area contributed by atoms with E-state index in [1.807, 2.05) is 31.2 Å². The fourth-order valence-electron chi connectivity index (χ4n) is 2.04. The Morgan fingerprint density at radius 2 is 1.86 bits per heavy atom. The number of ether oxygens (including phenoxy) is 3. The van der Waals surface area contributed by atoms with E-state index in [4.69, 9.17) is 14.2 Å². The highest BCUT2D eigenvalue weighted by molar-refractivity contribution is 5.69. The van der Waals surface area contributed by atoms with Gasteiger partial charge in [-0.2, -0.15) is 0 Å². The molecule has 0 aliphatic heterocycles. The van der Waals surface area contributed by atoms with Crippen LogP contribution in [0.25, 0.3) is 0 Å². The van der Waals surface area contributed by atoms with Gasteiger partial charge in [0, 0.05) is 20.1 Å².